The van der Waals surface area contributed by atoms with E-state index in [-0.39, 0.29) is 24.3 Å². The Balaban J connectivity index is 1.50. The first-order chi connectivity index (χ1) is 14.2. The summed E-state index contributed by atoms with van der Waals surface area (Å²) < 4.78 is 0. The molecule has 0 bridgehead atoms. The minimum absolute atomic E-state index is 0.000189. The zero-order valence-corrected chi connectivity index (χ0v) is 16.9. The fourth-order valence-corrected chi connectivity index (χ4v) is 3.31. The van der Waals surface area contributed by atoms with Crippen LogP contribution in [0.15, 0.2) is 59.6 Å². The summed E-state index contributed by atoms with van der Waals surface area (Å²) >= 11 is 0. The third kappa shape index (κ3) is 6.06. The van der Waals surface area contributed by atoms with Gasteiger partial charge < -0.3 is 21.1 Å². The van der Waals surface area contributed by atoms with Gasteiger partial charge in [-0.15, -0.1) is 0 Å². The third-order valence-electron chi connectivity index (χ3n) is 5.36. The summed E-state index contributed by atoms with van der Waals surface area (Å²) in [6, 6.07) is 17.8. The van der Waals surface area contributed by atoms with E-state index in [0.29, 0.717) is 19.0 Å². The number of aliphatic imine (C=N–C) groups is 1. The summed E-state index contributed by atoms with van der Waals surface area (Å²) in [5, 5.41) is 19.3. The van der Waals surface area contributed by atoms with E-state index in [2.05, 4.69) is 20.9 Å². The van der Waals surface area contributed by atoms with Crippen molar-refractivity contribution < 1.29 is 9.90 Å². The van der Waals surface area contributed by atoms with E-state index in [0.717, 1.165) is 36.1 Å². The lowest BCUT2D eigenvalue weighted by molar-refractivity contribution is -0.122. The molecule has 3 rings (SSSR count). The molecule has 0 heterocycles. The average molecular weight is 395 g/mol. The molecule has 6 nitrogen and oxygen atoms in total. The van der Waals surface area contributed by atoms with Gasteiger partial charge in [-0.05, 0) is 36.1 Å². The maximum absolute atomic E-state index is 12.1. The monoisotopic (exact) mass is 394 g/mol. The molecule has 1 atom stereocenters. The molecule has 1 fully saturated rings. The van der Waals surface area contributed by atoms with Crippen LogP contribution in [0.3, 0.4) is 0 Å². The highest BCUT2D eigenvalue weighted by atomic mass is 16.3. The van der Waals surface area contributed by atoms with Crippen LogP contribution in [0.2, 0.25) is 0 Å². The van der Waals surface area contributed by atoms with Crippen molar-refractivity contribution >= 4 is 17.6 Å². The number of carbonyl (C=O) groups is 1. The van der Waals surface area contributed by atoms with Crippen molar-refractivity contribution in [1.29, 1.82) is 0 Å². The Bertz CT molecular complexity index is 819. The van der Waals surface area contributed by atoms with Gasteiger partial charge in [-0.2, -0.15) is 0 Å². The second-order valence-corrected chi connectivity index (χ2v) is 7.41. The van der Waals surface area contributed by atoms with Crippen LogP contribution < -0.4 is 16.0 Å². The van der Waals surface area contributed by atoms with E-state index in [1.165, 1.54) is 0 Å². The minimum atomic E-state index is -0.000189. The van der Waals surface area contributed by atoms with Gasteiger partial charge in [0.25, 0.3) is 0 Å². The molecule has 0 spiro atoms. The zero-order chi connectivity index (χ0) is 20.5. The Hall–Kier alpha value is -2.86. The molecule has 0 radical (unpaired) electrons. The largest absolute Gasteiger partial charge is 0.396 e. The first-order valence-corrected chi connectivity index (χ1v) is 10.2. The summed E-state index contributed by atoms with van der Waals surface area (Å²) in [6.07, 6.45) is 3.13. The number of benzene rings is 2. The van der Waals surface area contributed by atoms with Gasteiger partial charge >= 0.3 is 0 Å². The van der Waals surface area contributed by atoms with Crippen LogP contribution in [0.4, 0.5) is 5.69 Å². The molecule has 154 valence electrons. The molecule has 2 aromatic carbocycles. The number of aliphatic hydroxyl groups excluding tert-OH is 1. The van der Waals surface area contributed by atoms with Crippen molar-refractivity contribution in [2.24, 2.45) is 10.9 Å². The van der Waals surface area contributed by atoms with Crippen LogP contribution in [-0.4, -0.2) is 37.2 Å². The highest BCUT2D eigenvalue weighted by molar-refractivity contribution is 5.93. The van der Waals surface area contributed by atoms with Crippen LogP contribution in [0.25, 0.3) is 0 Å². The molecule has 2 aromatic rings. The SMILES string of the molecule is CN=C(NCc1cccc(NC(=O)C2CCC2)c1)NCC(CO)c1ccccc1. The van der Waals surface area contributed by atoms with Crippen molar-refractivity contribution in [2.75, 3.05) is 25.5 Å². The second kappa shape index (κ2) is 10.6. The molecule has 6 heteroatoms. The van der Waals surface area contributed by atoms with Gasteiger partial charge in [0.15, 0.2) is 5.96 Å². The predicted molar refractivity (Wildman–Crippen MR) is 117 cm³/mol. The first-order valence-electron chi connectivity index (χ1n) is 10.2. The first kappa shape index (κ1) is 20.9. The zero-order valence-electron chi connectivity index (χ0n) is 16.9. The number of hydrogen-bond donors (Lipinski definition) is 4. The number of carbonyl (C=O) groups excluding carboxylic acids is 1. The number of nitrogens with one attached hydrogen (secondary N) is 3. The van der Waals surface area contributed by atoms with E-state index in [4.69, 9.17) is 0 Å². The molecule has 4 N–H and O–H groups in total. The Morgan fingerprint density at radius 1 is 1.14 bits per heavy atom. The highest BCUT2D eigenvalue weighted by Crippen LogP contribution is 2.27. The van der Waals surface area contributed by atoms with E-state index < -0.39 is 0 Å². The van der Waals surface area contributed by atoms with Crippen LogP contribution >= 0.6 is 0 Å². The smallest absolute Gasteiger partial charge is 0.227 e. The van der Waals surface area contributed by atoms with Crippen molar-refractivity contribution in [1.82, 2.24) is 10.6 Å². The summed E-state index contributed by atoms with van der Waals surface area (Å²) in [5.74, 6) is 0.960. The van der Waals surface area contributed by atoms with Gasteiger partial charge in [-0.1, -0.05) is 48.9 Å². The lowest BCUT2D eigenvalue weighted by Gasteiger charge is -2.24. The topological polar surface area (TPSA) is 85.8 Å². The van der Waals surface area contributed by atoms with Gasteiger partial charge in [-0.3, -0.25) is 9.79 Å². The molecule has 0 aliphatic heterocycles. The number of hydrogen-bond acceptors (Lipinski definition) is 3. The molecule has 1 saturated carbocycles. The molecular weight excluding hydrogens is 364 g/mol. The standard InChI is InChI=1S/C23H30N4O2/c1-24-23(26-15-20(16-28)18-8-3-2-4-9-18)25-14-17-7-5-12-21(13-17)27-22(29)19-10-6-11-19/h2-5,7-9,12-13,19-20,28H,6,10-11,14-16H2,1H3,(H,27,29)(H2,24,25,26). The number of aliphatic hydroxyl groups is 1. The van der Waals surface area contributed by atoms with Crippen molar-refractivity contribution in [3.63, 3.8) is 0 Å². The van der Waals surface area contributed by atoms with Gasteiger partial charge in [0.2, 0.25) is 5.91 Å². The van der Waals surface area contributed by atoms with Crippen molar-refractivity contribution in [3.8, 4) is 0 Å². The van der Waals surface area contributed by atoms with E-state index >= 15 is 0 Å². The van der Waals surface area contributed by atoms with E-state index in [1.54, 1.807) is 7.05 Å². The number of guanidine groups is 1. The molecule has 1 unspecified atom stereocenters. The quantitative estimate of drug-likeness (QED) is 0.410. The Kier molecular flexibility index (Phi) is 7.64. The van der Waals surface area contributed by atoms with Crippen molar-refractivity contribution in [3.05, 3.63) is 65.7 Å². The Morgan fingerprint density at radius 2 is 1.93 bits per heavy atom. The Morgan fingerprint density at radius 3 is 2.59 bits per heavy atom. The lowest BCUT2D eigenvalue weighted by Crippen LogP contribution is -2.39. The highest BCUT2D eigenvalue weighted by Gasteiger charge is 2.25. The summed E-state index contributed by atoms with van der Waals surface area (Å²) in [4.78, 5) is 16.4. The normalized spacial score (nSPS) is 15.3. The molecule has 1 aliphatic rings. The fourth-order valence-electron chi connectivity index (χ4n) is 3.31. The van der Waals surface area contributed by atoms with Gasteiger partial charge in [0, 0.05) is 37.7 Å². The van der Waals surface area contributed by atoms with E-state index in [9.17, 15) is 9.90 Å². The average Bonchev–Trinajstić information content (AvgIpc) is 2.70. The van der Waals surface area contributed by atoms with Gasteiger partial charge in [0.1, 0.15) is 0 Å². The summed E-state index contributed by atoms with van der Waals surface area (Å²) in [6.45, 7) is 1.23. The molecule has 1 amide bonds. The summed E-state index contributed by atoms with van der Waals surface area (Å²) in [5.41, 5.74) is 2.97. The maximum Gasteiger partial charge on any atom is 0.227 e. The molecule has 29 heavy (non-hydrogen) atoms. The second-order valence-electron chi connectivity index (χ2n) is 7.41. The van der Waals surface area contributed by atoms with E-state index in [1.807, 2.05) is 54.6 Å². The summed E-state index contributed by atoms with van der Waals surface area (Å²) in [7, 11) is 1.72. The van der Waals surface area contributed by atoms with Gasteiger partial charge in [-0.25, -0.2) is 0 Å². The Labute approximate surface area is 172 Å². The maximum atomic E-state index is 12.1. The van der Waals surface area contributed by atoms with Gasteiger partial charge in [0.05, 0.1) is 6.61 Å². The van der Waals surface area contributed by atoms with Crippen LogP contribution in [-0.2, 0) is 11.3 Å². The van der Waals surface area contributed by atoms with Crippen molar-refractivity contribution in [2.45, 2.75) is 31.7 Å². The number of rotatable bonds is 8. The van der Waals surface area contributed by atoms with Crippen LogP contribution in [0, 0.1) is 5.92 Å². The molecule has 1 aliphatic carbocycles. The lowest BCUT2D eigenvalue weighted by atomic mass is 9.85. The number of nitrogens with zero attached hydrogens (tertiary/aromatic N) is 1. The van der Waals surface area contributed by atoms with Crippen LogP contribution in [0.5, 0.6) is 0 Å². The fraction of sp³-hybridized carbons (Fsp3) is 0.391. The number of amides is 1. The minimum Gasteiger partial charge on any atom is -0.396 e. The third-order valence-corrected chi connectivity index (χ3v) is 5.36. The van der Waals surface area contributed by atoms with Crippen LogP contribution in [0.1, 0.15) is 36.3 Å². The molecular formula is C23H30N4O2. The predicted octanol–water partition coefficient (Wildman–Crippen LogP) is 2.87. The molecule has 0 saturated heterocycles. The number of anilines is 1. The molecule has 0 aromatic heterocycles.